The van der Waals surface area contributed by atoms with Gasteiger partial charge in [-0.05, 0) is 32.3 Å². The van der Waals surface area contributed by atoms with Crippen molar-refractivity contribution in [2.75, 3.05) is 25.4 Å². The van der Waals surface area contributed by atoms with Crippen LogP contribution in [0, 0.1) is 6.92 Å². The topological polar surface area (TPSA) is 79.4 Å². The number of benzene rings is 1. The maximum absolute atomic E-state index is 13.2. The van der Waals surface area contributed by atoms with E-state index >= 15 is 0 Å². The minimum Gasteiger partial charge on any atom is -0.355 e. The zero-order valence-electron chi connectivity index (χ0n) is 16.3. The van der Waals surface area contributed by atoms with E-state index in [0.29, 0.717) is 38.9 Å². The van der Waals surface area contributed by atoms with Gasteiger partial charge in [0, 0.05) is 31.4 Å². The fourth-order valence-electron chi connectivity index (χ4n) is 3.73. The number of carbonyl (C=O) groups excluding carboxylic acids is 1. The summed E-state index contributed by atoms with van der Waals surface area (Å²) in [7, 11) is -3.24. The minimum atomic E-state index is -3.24. The summed E-state index contributed by atoms with van der Waals surface area (Å²) in [6.45, 7) is 4.87. The molecule has 0 bridgehead atoms. The lowest BCUT2D eigenvalue weighted by molar-refractivity contribution is -0.128. The molecule has 1 N–H and O–H groups in total. The average molecular weight is 422 g/mol. The molecular formula is C20H27N3O3S2. The molecule has 1 saturated heterocycles. The smallest absolute Gasteiger partial charge is 0.230 e. The quantitative estimate of drug-likeness (QED) is 0.745. The monoisotopic (exact) mass is 421 g/mol. The lowest BCUT2D eigenvalue weighted by atomic mass is 9.72. The molecule has 152 valence electrons. The Kier molecular flexibility index (Phi) is 6.52. The molecule has 1 aliphatic rings. The van der Waals surface area contributed by atoms with Crippen LogP contribution in [-0.2, 0) is 26.7 Å². The molecule has 1 aromatic carbocycles. The molecule has 0 aliphatic carbocycles. The van der Waals surface area contributed by atoms with Crippen molar-refractivity contribution in [3.05, 3.63) is 52.0 Å². The van der Waals surface area contributed by atoms with E-state index in [4.69, 9.17) is 0 Å². The van der Waals surface area contributed by atoms with Gasteiger partial charge in [0.05, 0.1) is 21.9 Å². The molecule has 0 saturated carbocycles. The Hall–Kier alpha value is -1.77. The molecule has 1 amide bonds. The second kappa shape index (κ2) is 8.71. The number of nitrogens with one attached hydrogen (secondary N) is 1. The number of rotatable bonds is 7. The predicted octanol–water partition coefficient (Wildman–Crippen LogP) is 2.49. The van der Waals surface area contributed by atoms with Crippen LogP contribution >= 0.6 is 11.3 Å². The van der Waals surface area contributed by atoms with Gasteiger partial charge in [-0.25, -0.2) is 17.7 Å². The zero-order chi connectivity index (χ0) is 20.2. The molecule has 6 nitrogen and oxygen atoms in total. The highest BCUT2D eigenvalue weighted by molar-refractivity contribution is 7.89. The van der Waals surface area contributed by atoms with E-state index < -0.39 is 15.4 Å². The average Bonchev–Trinajstić information content (AvgIpc) is 3.13. The summed E-state index contributed by atoms with van der Waals surface area (Å²) in [5.74, 6) is 0.0594. The fourth-order valence-corrected chi connectivity index (χ4v) is 5.48. The lowest BCUT2D eigenvalue weighted by Crippen LogP contribution is -2.53. The van der Waals surface area contributed by atoms with Crippen LogP contribution in [0.15, 0.2) is 35.7 Å². The Morgan fingerprint density at radius 1 is 1.25 bits per heavy atom. The van der Waals surface area contributed by atoms with E-state index in [1.807, 2.05) is 42.6 Å². The highest BCUT2D eigenvalue weighted by Gasteiger charge is 2.44. The summed E-state index contributed by atoms with van der Waals surface area (Å²) >= 11 is 1.61. The molecular weight excluding hydrogens is 394 g/mol. The van der Waals surface area contributed by atoms with E-state index in [1.165, 1.54) is 4.31 Å². The summed E-state index contributed by atoms with van der Waals surface area (Å²) in [5.41, 5.74) is 1.24. The third-order valence-electron chi connectivity index (χ3n) is 5.43. The minimum absolute atomic E-state index is 0.0285. The van der Waals surface area contributed by atoms with Gasteiger partial charge in [-0.1, -0.05) is 30.3 Å². The number of sulfonamides is 1. The van der Waals surface area contributed by atoms with Crippen LogP contribution in [-0.4, -0.2) is 49.0 Å². The van der Waals surface area contributed by atoms with Gasteiger partial charge in [-0.3, -0.25) is 4.79 Å². The van der Waals surface area contributed by atoms with Crippen molar-refractivity contribution in [3.8, 4) is 0 Å². The Bertz CT molecular complexity index is 902. The molecule has 2 heterocycles. The molecule has 0 radical (unpaired) electrons. The number of aryl methyl sites for hydroxylation is 1. The van der Waals surface area contributed by atoms with Crippen LogP contribution in [0.2, 0.25) is 0 Å². The second-order valence-corrected chi connectivity index (χ2v) is 10.4. The van der Waals surface area contributed by atoms with E-state index in [-0.39, 0.29) is 11.7 Å². The maximum atomic E-state index is 13.2. The van der Waals surface area contributed by atoms with Crippen LogP contribution in [0.25, 0.3) is 0 Å². The number of amides is 1. The molecule has 8 heteroatoms. The summed E-state index contributed by atoms with van der Waals surface area (Å²) in [6.07, 6.45) is 1.66. The molecule has 1 aromatic heterocycles. The first-order valence-electron chi connectivity index (χ1n) is 9.60. The first kappa shape index (κ1) is 21.0. The number of carbonyl (C=O) groups is 1. The Morgan fingerprint density at radius 3 is 2.50 bits per heavy atom. The molecule has 2 aromatic rings. The molecule has 0 atom stereocenters. The molecule has 3 rings (SSSR count). The van der Waals surface area contributed by atoms with Gasteiger partial charge in [0.25, 0.3) is 0 Å². The van der Waals surface area contributed by atoms with Crippen LogP contribution in [0.4, 0.5) is 0 Å². The normalized spacial score (nSPS) is 17.4. The van der Waals surface area contributed by atoms with Crippen LogP contribution in [0.5, 0.6) is 0 Å². The largest absolute Gasteiger partial charge is 0.355 e. The standard InChI is InChI=1S/C20H27N3O3S2/c1-3-28(25,26)23-13-10-20(11-14-23,17-7-5-4-6-8-17)19(24)21-12-9-18-15-27-16(2)22-18/h4-8,15H,3,9-14H2,1-2H3,(H,21,24). The number of hydrogen-bond acceptors (Lipinski definition) is 5. The van der Waals surface area contributed by atoms with Crippen molar-refractivity contribution >= 4 is 27.3 Å². The molecule has 28 heavy (non-hydrogen) atoms. The van der Waals surface area contributed by atoms with Crippen LogP contribution in [0.1, 0.15) is 36.0 Å². The highest BCUT2D eigenvalue weighted by atomic mass is 32.2. The molecule has 0 unspecified atom stereocenters. The fraction of sp³-hybridized carbons (Fsp3) is 0.500. The van der Waals surface area contributed by atoms with Crippen molar-refractivity contribution in [2.45, 2.75) is 38.5 Å². The molecule has 1 fully saturated rings. The molecule has 1 aliphatic heterocycles. The summed E-state index contributed by atoms with van der Waals surface area (Å²) in [4.78, 5) is 17.7. The van der Waals surface area contributed by atoms with Crippen LogP contribution in [0.3, 0.4) is 0 Å². The number of piperidine rings is 1. The summed E-state index contributed by atoms with van der Waals surface area (Å²) in [6, 6.07) is 9.71. The van der Waals surface area contributed by atoms with Gasteiger partial charge in [-0.15, -0.1) is 11.3 Å². The highest BCUT2D eigenvalue weighted by Crippen LogP contribution is 2.36. The number of nitrogens with zero attached hydrogens (tertiary/aromatic N) is 2. The third-order valence-corrected chi connectivity index (χ3v) is 8.13. The van der Waals surface area contributed by atoms with Gasteiger partial charge >= 0.3 is 0 Å². The maximum Gasteiger partial charge on any atom is 0.230 e. The Balaban J connectivity index is 1.73. The lowest BCUT2D eigenvalue weighted by Gasteiger charge is -2.40. The molecule has 0 spiro atoms. The van der Waals surface area contributed by atoms with Crippen molar-refractivity contribution in [1.29, 1.82) is 0 Å². The first-order valence-corrected chi connectivity index (χ1v) is 12.1. The van der Waals surface area contributed by atoms with Gasteiger partial charge in [0.2, 0.25) is 15.9 Å². The van der Waals surface area contributed by atoms with Crippen molar-refractivity contribution in [3.63, 3.8) is 0 Å². The summed E-state index contributed by atoms with van der Waals surface area (Å²) < 4.78 is 26.0. The zero-order valence-corrected chi connectivity index (χ0v) is 18.0. The van der Waals surface area contributed by atoms with E-state index in [9.17, 15) is 13.2 Å². The van der Waals surface area contributed by atoms with Crippen LogP contribution < -0.4 is 5.32 Å². The van der Waals surface area contributed by atoms with Gasteiger partial charge in [0.1, 0.15) is 0 Å². The Labute approximate surface area is 171 Å². The third kappa shape index (κ3) is 4.45. The van der Waals surface area contributed by atoms with E-state index in [1.54, 1.807) is 18.3 Å². The second-order valence-electron chi connectivity index (χ2n) is 7.11. The van der Waals surface area contributed by atoms with E-state index in [2.05, 4.69) is 10.3 Å². The van der Waals surface area contributed by atoms with Gasteiger partial charge in [-0.2, -0.15) is 0 Å². The van der Waals surface area contributed by atoms with Crippen molar-refractivity contribution < 1.29 is 13.2 Å². The SMILES string of the molecule is CCS(=O)(=O)N1CCC(C(=O)NCCc2csc(C)n2)(c2ccccc2)CC1. The number of thiazole rings is 1. The number of hydrogen-bond donors (Lipinski definition) is 1. The Morgan fingerprint density at radius 2 is 1.93 bits per heavy atom. The van der Waals surface area contributed by atoms with Crippen molar-refractivity contribution in [2.24, 2.45) is 0 Å². The first-order chi connectivity index (χ1) is 13.4. The van der Waals surface area contributed by atoms with Gasteiger partial charge in [0.15, 0.2) is 0 Å². The number of aromatic nitrogens is 1. The van der Waals surface area contributed by atoms with Crippen molar-refractivity contribution in [1.82, 2.24) is 14.6 Å². The predicted molar refractivity (Wildman–Crippen MR) is 112 cm³/mol. The van der Waals surface area contributed by atoms with Gasteiger partial charge < -0.3 is 5.32 Å². The van der Waals surface area contributed by atoms with E-state index in [0.717, 1.165) is 16.3 Å². The summed E-state index contributed by atoms with van der Waals surface area (Å²) in [5, 5.41) is 6.11.